The number of benzene rings is 1. The maximum absolute atomic E-state index is 13.2. The Hall–Kier alpha value is -3.25. The first-order chi connectivity index (χ1) is 17.2. The van der Waals surface area contributed by atoms with Gasteiger partial charge >= 0.3 is 0 Å². The predicted molar refractivity (Wildman–Crippen MR) is 136 cm³/mol. The summed E-state index contributed by atoms with van der Waals surface area (Å²) in [7, 11) is 3.27. The average Bonchev–Trinajstić information content (AvgIpc) is 2.89. The highest BCUT2D eigenvalue weighted by molar-refractivity contribution is 6.32. The van der Waals surface area contributed by atoms with Gasteiger partial charge in [0.1, 0.15) is 18.2 Å². The maximum atomic E-state index is 13.2. The third kappa shape index (κ3) is 6.49. The standard InChI is InChI=1S/C26H32ClFN4O4/c1-4-18(6-5-9-28)14-26(17-29)7-10-32(11-8-26)25(34)23-15-30-20-12-19(27)21(13-22(20)36-23)35-16-24(33)31(2)3/h4-6,12-13,23,30H,7-11,14-16H2,1-3H3/b6-5-,18-4+. The lowest BCUT2D eigenvalue weighted by molar-refractivity contribution is -0.140. The Labute approximate surface area is 216 Å². The molecule has 0 aliphatic carbocycles. The van der Waals surface area contributed by atoms with E-state index in [2.05, 4.69) is 11.4 Å². The van der Waals surface area contributed by atoms with E-state index in [1.165, 1.54) is 11.0 Å². The van der Waals surface area contributed by atoms with E-state index in [1.54, 1.807) is 37.2 Å². The summed E-state index contributed by atoms with van der Waals surface area (Å²) in [4.78, 5) is 28.2. The Kier molecular flexibility index (Phi) is 9.21. The quantitative estimate of drug-likeness (QED) is 0.523. The van der Waals surface area contributed by atoms with Gasteiger partial charge in [0, 0.05) is 33.3 Å². The van der Waals surface area contributed by atoms with Gasteiger partial charge in [0.15, 0.2) is 12.7 Å². The number of carbonyl (C=O) groups is 2. The largest absolute Gasteiger partial charge is 0.482 e. The van der Waals surface area contributed by atoms with Crippen molar-refractivity contribution in [3.8, 4) is 17.6 Å². The molecule has 1 fully saturated rings. The molecule has 1 atom stereocenters. The number of carbonyl (C=O) groups excluding carboxylic acids is 2. The van der Waals surface area contributed by atoms with Crippen molar-refractivity contribution in [1.82, 2.24) is 9.80 Å². The molecule has 1 N–H and O–H groups in total. The summed E-state index contributed by atoms with van der Waals surface area (Å²) in [6.07, 6.45) is 5.88. The molecule has 2 heterocycles. The lowest BCUT2D eigenvalue weighted by Crippen LogP contribution is -2.51. The van der Waals surface area contributed by atoms with Gasteiger partial charge in [0.2, 0.25) is 0 Å². The smallest absolute Gasteiger partial charge is 0.265 e. The number of piperidine rings is 1. The zero-order valence-corrected chi connectivity index (χ0v) is 21.6. The number of nitriles is 1. The molecule has 0 saturated carbocycles. The van der Waals surface area contributed by atoms with Gasteiger partial charge in [0.25, 0.3) is 11.8 Å². The lowest BCUT2D eigenvalue weighted by Gasteiger charge is -2.39. The Bertz CT molecular complexity index is 1070. The second-order valence-corrected chi connectivity index (χ2v) is 9.56. The van der Waals surface area contributed by atoms with Crippen LogP contribution in [0.15, 0.2) is 35.9 Å². The van der Waals surface area contributed by atoms with E-state index in [9.17, 15) is 19.2 Å². The molecule has 1 unspecified atom stereocenters. The second-order valence-electron chi connectivity index (χ2n) is 9.16. The van der Waals surface area contributed by atoms with Crippen molar-refractivity contribution >= 4 is 29.1 Å². The first kappa shape index (κ1) is 27.3. The molecule has 1 aromatic rings. The molecule has 194 valence electrons. The zero-order chi connectivity index (χ0) is 26.3. The highest BCUT2D eigenvalue weighted by atomic mass is 35.5. The maximum Gasteiger partial charge on any atom is 0.265 e. The SMILES string of the molecule is C/C=C(\C=C/CF)CC1(C#N)CCN(C(=O)C2CNc3cc(Cl)c(OCC(=O)N(C)C)cc3O2)CC1. The molecule has 2 aliphatic heterocycles. The molecule has 8 nitrogen and oxygen atoms in total. The zero-order valence-electron chi connectivity index (χ0n) is 20.9. The number of likely N-dealkylation sites (tertiary alicyclic amines) is 1. The van der Waals surface area contributed by atoms with E-state index in [-0.39, 0.29) is 25.0 Å². The van der Waals surface area contributed by atoms with E-state index in [4.69, 9.17) is 21.1 Å². The van der Waals surface area contributed by atoms with Crippen molar-refractivity contribution in [2.45, 2.75) is 32.3 Å². The molecule has 0 bridgehead atoms. The van der Waals surface area contributed by atoms with Gasteiger partial charge in [-0.3, -0.25) is 9.59 Å². The first-order valence-electron chi connectivity index (χ1n) is 11.9. The van der Waals surface area contributed by atoms with Crippen LogP contribution in [-0.4, -0.2) is 74.7 Å². The second kappa shape index (κ2) is 12.1. The van der Waals surface area contributed by atoms with Crippen molar-refractivity contribution in [2.75, 3.05) is 52.3 Å². The fourth-order valence-corrected chi connectivity index (χ4v) is 4.43. The minimum absolute atomic E-state index is 0.163. The fraction of sp³-hybridized carbons (Fsp3) is 0.500. The van der Waals surface area contributed by atoms with Crippen LogP contribution in [0.25, 0.3) is 0 Å². The van der Waals surface area contributed by atoms with Gasteiger partial charge < -0.3 is 24.6 Å². The number of nitrogens with zero attached hydrogens (tertiary/aromatic N) is 3. The van der Waals surface area contributed by atoms with Crippen molar-refractivity contribution in [1.29, 1.82) is 5.26 Å². The fourth-order valence-electron chi connectivity index (χ4n) is 4.22. The van der Waals surface area contributed by atoms with Crippen molar-refractivity contribution in [2.24, 2.45) is 5.41 Å². The summed E-state index contributed by atoms with van der Waals surface area (Å²) in [6, 6.07) is 5.67. The Morgan fingerprint density at radius 2 is 2.11 bits per heavy atom. The number of halogens is 2. The predicted octanol–water partition coefficient (Wildman–Crippen LogP) is 3.97. The summed E-state index contributed by atoms with van der Waals surface area (Å²) in [5.74, 6) is 0.328. The number of fused-ring (bicyclic) bond motifs is 1. The molecule has 1 aromatic carbocycles. The third-order valence-electron chi connectivity index (χ3n) is 6.51. The molecule has 0 aromatic heterocycles. The van der Waals surface area contributed by atoms with Gasteiger partial charge in [0.05, 0.1) is 28.7 Å². The number of ether oxygens (including phenoxy) is 2. The van der Waals surface area contributed by atoms with Crippen LogP contribution in [0.1, 0.15) is 26.2 Å². The summed E-state index contributed by atoms with van der Waals surface area (Å²) >= 11 is 6.29. The van der Waals surface area contributed by atoms with Gasteiger partial charge in [-0.2, -0.15) is 5.26 Å². The highest BCUT2D eigenvalue weighted by Gasteiger charge is 2.39. The summed E-state index contributed by atoms with van der Waals surface area (Å²) < 4.78 is 24.1. The van der Waals surface area contributed by atoms with Crippen LogP contribution in [0.5, 0.6) is 11.5 Å². The normalized spacial score (nSPS) is 19.1. The topological polar surface area (TPSA) is 94.9 Å². The number of hydrogen-bond donors (Lipinski definition) is 1. The average molecular weight is 519 g/mol. The molecule has 3 rings (SSSR count). The summed E-state index contributed by atoms with van der Waals surface area (Å²) in [5, 5.41) is 13.4. The molecule has 0 spiro atoms. The number of nitrogens with one attached hydrogen (secondary N) is 1. The van der Waals surface area contributed by atoms with Crippen LogP contribution in [0, 0.1) is 16.7 Å². The number of rotatable bonds is 8. The summed E-state index contributed by atoms with van der Waals surface area (Å²) in [5.41, 5.74) is 0.955. The van der Waals surface area contributed by atoms with E-state index < -0.39 is 18.2 Å². The van der Waals surface area contributed by atoms with Gasteiger partial charge in [-0.1, -0.05) is 35.4 Å². The number of anilines is 1. The minimum atomic E-state index is -0.747. The Morgan fingerprint density at radius 3 is 2.72 bits per heavy atom. The molecular weight excluding hydrogens is 487 g/mol. The monoisotopic (exact) mass is 518 g/mol. The van der Waals surface area contributed by atoms with Gasteiger partial charge in [-0.05, 0) is 32.3 Å². The van der Waals surface area contributed by atoms with E-state index in [0.29, 0.717) is 54.6 Å². The van der Waals surface area contributed by atoms with Gasteiger partial charge in [-0.25, -0.2) is 4.39 Å². The van der Waals surface area contributed by atoms with Crippen LogP contribution in [-0.2, 0) is 9.59 Å². The number of allylic oxidation sites excluding steroid dienone is 4. The first-order valence-corrected chi connectivity index (χ1v) is 12.2. The minimum Gasteiger partial charge on any atom is -0.482 e. The van der Waals surface area contributed by atoms with Crippen molar-refractivity contribution in [3.63, 3.8) is 0 Å². The number of hydrogen-bond acceptors (Lipinski definition) is 6. The van der Waals surface area contributed by atoms with Crippen LogP contribution in [0.3, 0.4) is 0 Å². The van der Waals surface area contributed by atoms with E-state index >= 15 is 0 Å². The summed E-state index contributed by atoms with van der Waals surface area (Å²) in [6.45, 7) is 2.30. The molecule has 10 heteroatoms. The molecule has 2 amide bonds. The van der Waals surface area contributed by atoms with Crippen molar-refractivity contribution < 1.29 is 23.5 Å². The van der Waals surface area contributed by atoms with E-state index in [0.717, 1.165) is 5.57 Å². The molecule has 2 aliphatic rings. The van der Waals surface area contributed by atoms with Crippen LogP contribution in [0.4, 0.5) is 10.1 Å². The number of likely N-dealkylation sites (N-methyl/N-ethyl adjacent to an activating group) is 1. The Balaban J connectivity index is 1.63. The Morgan fingerprint density at radius 1 is 1.39 bits per heavy atom. The molecule has 1 saturated heterocycles. The van der Waals surface area contributed by atoms with E-state index in [1.807, 2.05) is 13.0 Å². The van der Waals surface area contributed by atoms with Crippen molar-refractivity contribution in [3.05, 3.63) is 41.0 Å². The third-order valence-corrected chi connectivity index (χ3v) is 6.81. The van der Waals surface area contributed by atoms with Crippen LogP contribution >= 0.6 is 11.6 Å². The van der Waals surface area contributed by atoms with Gasteiger partial charge in [-0.15, -0.1) is 0 Å². The number of alkyl halides is 1. The molecular formula is C26H32ClFN4O4. The lowest BCUT2D eigenvalue weighted by atomic mass is 9.74. The van der Waals surface area contributed by atoms with Crippen LogP contribution < -0.4 is 14.8 Å². The number of amides is 2. The van der Waals surface area contributed by atoms with Crippen LogP contribution in [0.2, 0.25) is 5.02 Å². The highest BCUT2D eigenvalue weighted by Crippen LogP contribution is 2.40. The molecule has 0 radical (unpaired) electrons. The molecule has 36 heavy (non-hydrogen) atoms.